The van der Waals surface area contributed by atoms with E-state index in [-0.39, 0.29) is 29.2 Å². The first-order valence-electron chi connectivity index (χ1n) is 9.00. The van der Waals surface area contributed by atoms with Gasteiger partial charge < -0.3 is 9.32 Å². The zero-order chi connectivity index (χ0) is 19.3. The molecule has 2 aromatic rings. The first-order valence-corrected chi connectivity index (χ1v) is 11.8. The van der Waals surface area contributed by atoms with Gasteiger partial charge in [0, 0.05) is 18.2 Å². The van der Waals surface area contributed by atoms with Crippen molar-refractivity contribution in [3.05, 3.63) is 30.3 Å². The van der Waals surface area contributed by atoms with Gasteiger partial charge in [0.1, 0.15) is 0 Å². The molecule has 146 valence electrons. The highest BCUT2D eigenvalue weighted by Crippen LogP contribution is 2.24. The maximum absolute atomic E-state index is 12.7. The van der Waals surface area contributed by atoms with Gasteiger partial charge in [0.25, 0.3) is 5.22 Å². The van der Waals surface area contributed by atoms with Gasteiger partial charge in [0.2, 0.25) is 11.8 Å². The standard InChI is InChI=1S/C18H23N3O4S2/c1-2-3-10-21(15-9-11-27(23,24)13-15)16(22)12-26-18-20-19-17(25-18)14-7-5-4-6-8-14/h4-8,15H,2-3,9-13H2,1H3/t15-/m0/s1. The van der Waals surface area contributed by atoms with Gasteiger partial charge >= 0.3 is 0 Å². The second-order valence-electron chi connectivity index (χ2n) is 6.53. The van der Waals surface area contributed by atoms with E-state index in [4.69, 9.17) is 4.42 Å². The Balaban J connectivity index is 1.61. The van der Waals surface area contributed by atoms with Crippen molar-refractivity contribution in [1.82, 2.24) is 15.1 Å². The Morgan fingerprint density at radius 2 is 2.07 bits per heavy atom. The smallest absolute Gasteiger partial charge is 0.277 e. The summed E-state index contributed by atoms with van der Waals surface area (Å²) in [6.07, 6.45) is 2.31. The van der Waals surface area contributed by atoms with E-state index in [1.165, 1.54) is 11.8 Å². The Morgan fingerprint density at radius 3 is 2.74 bits per heavy atom. The van der Waals surface area contributed by atoms with E-state index in [0.29, 0.717) is 24.1 Å². The molecule has 0 radical (unpaired) electrons. The first kappa shape index (κ1) is 19.9. The van der Waals surface area contributed by atoms with Crippen LogP contribution in [0.5, 0.6) is 0 Å². The molecule has 1 aliphatic rings. The lowest BCUT2D eigenvalue weighted by atomic mass is 10.2. The number of hydrogen-bond donors (Lipinski definition) is 0. The molecule has 1 atom stereocenters. The maximum atomic E-state index is 12.7. The van der Waals surface area contributed by atoms with Crippen molar-refractivity contribution in [3.63, 3.8) is 0 Å². The van der Waals surface area contributed by atoms with Crippen LogP contribution >= 0.6 is 11.8 Å². The monoisotopic (exact) mass is 409 g/mol. The Hall–Kier alpha value is -1.87. The number of hydrogen-bond acceptors (Lipinski definition) is 7. The second-order valence-corrected chi connectivity index (χ2v) is 9.68. The van der Waals surface area contributed by atoms with Crippen LogP contribution < -0.4 is 0 Å². The third-order valence-corrected chi connectivity index (χ3v) is 7.02. The molecular weight excluding hydrogens is 386 g/mol. The molecule has 3 rings (SSSR count). The molecule has 27 heavy (non-hydrogen) atoms. The average molecular weight is 410 g/mol. The van der Waals surface area contributed by atoms with Crippen molar-refractivity contribution in [3.8, 4) is 11.5 Å². The lowest BCUT2D eigenvalue weighted by Gasteiger charge is -2.28. The molecule has 7 nitrogen and oxygen atoms in total. The molecule has 1 fully saturated rings. The molecule has 0 N–H and O–H groups in total. The third kappa shape index (κ3) is 5.32. The fourth-order valence-electron chi connectivity index (χ4n) is 3.03. The van der Waals surface area contributed by atoms with E-state index in [1.807, 2.05) is 37.3 Å². The van der Waals surface area contributed by atoms with E-state index >= 15 is 0 Å². The summed E-state index contributed by atoms with van der Waals surface area (Å²) in [5.74, 6) is 0.693. The number of nitrogens with zero attached hydrogens (tertiary/aromatic N) is 3. The van der Waals surface area contributed by atoms with Crippen LogP contribution in [-0.2, 0) is 14.6 Å². The predicted octanol–water partition coefficient (Wildman–Crippen LogP) is 2.64. The lowest BCUT2D eigenvalue weighted by Crippen LogP contribution is -2.42. The number of benzene rings is 1. The minimum atomic E-state index is -3.04. The van der Waals surface area contributed by atoms with Crippen LogP contribution in [0.4, 0.5) is 0 Å². The number of carbonyl (C=O) groups excluding carboxylic acids is 1. The fourth-order valence-corrected chi connectivity index (χ4v) is 5.41. The average Bonchev–Trinajstić information content (AvgIpc) is 3.27. The van der Waals surface area contributed by atoms with Gasteiger partial charge in [-0.2, -0.15) is 0 Å². The van der Waals surface area contributed by atoms with Crippen LogP contribution in [0.15, 0.2) is 40.0 Å². The molecule has 1 saturated heterocycles. The number of amides is 1. The van der Waals surface area contributed by atoms with E-state index in [9.17, 15) is 13.2 Å². The summed E-state index contributed by atoms with van der Waals surface area (Å²) in [4.78, 5) is 14.4. The van der Waals surface area contributed by atoms with E-state index in [0.717, 1.165) is 18.4 Å². The molecule has 0 spiro atoms. The normalized spacial score (nSPS) is 18.5. The molecule has 1 aromatic heterocycles. The minimum Gasteiger partial charge on any atom is -0.411 e. The van der Waals surface area contributed by atoms with Gasteiger partial charge in [-0.25, -0.2) is 8.42 Å². The molecule has 0 aliphatic carbocycles. The predicted molar refractivity (Wildman–Crippen MR) is 104 cm³/mol. The van der Waals surface area contributed by atoms with Gasteiger partial charge in [0.15, 0.2) is 9.84 Å². The topological polar surface area (TPSA) is 93.4 Å². The van der Waals surface area contributed by atoms with Crippen LogP contribution in [0.1, 0.15) is 26.2 Å². The van der Waals surface area contributed by atoms with Gasteiger partial charge in [-0.05, 0) is 25.0 Å². The van der Waals surface area contributed by atoms with Crippen LogP contribution in [0.2, 0.25) is 0 Å². The number of aromatic nitrogens is 2. The van der Waals surface area contributed by atoms with Crippen molar-refractivity contribution in [1.29, 1.82) is 0 Å². The van der Waals surface area contributed by atoms with Crippen molar-refractivity contribution in [2.45, 2.75) is 37.5 Å². The molecule has 1 aromatic carbocycles. The molecule has 0 saturated carbocycles. The summed E-state index contributed by atoms with van der Waals surface area (Å²) in [7, 11) is -3.04. The summed E-state index contributed by atoms with van der Waals surface area (Å²) in [5.41, 5.74) is 0.823. The van der Waals surface area contributed by atoms with Gasteiger partial charge in [-0.15, -0.1) is 10.2 Å². The van der Waals surface area contributed by atoms with Gasteiger partial charge in [-0.1, -0.05) is 43.3 Å². The zero-order valence-corrected chi connectivity index (χ0v) is 16.8. The fraction of sp³-hybridized carbons (Fsp3) is 0.500. The summed E-state index contributed by atoms with van der Waals surface area (Å²) >= 11 is 1.18. The molecular formula is C18H23N3O4S2. The van der Waals surface area contributed by atoms with Crippen LogP contribution in [0.25, 0.3) is 11.5 Å². The minimum absolute atomic E-state index is 0.0613. The third-order valence-electron chi connectivity index (χ3n) is 4.47. The van der Waals surface area contributed by atoms with Gasteiger partial charge in [-0.3, -0.25) is 4.79 Å². The van der Waals surface area contributed by atoms with Crippen LogP contribution in [-0.4, -0.2) is 59.3 Å². The molecule has 2 heterocycles. The van der Waals surface area contributed by atoms with Crippen molar-refractivity contribution >= 4 is 27.5 Å². The van der Waals surface area contributed by atoms with Crippen molar-refractivity contribution in [2.24, 2.45) is 0 Å². The highest BCUT2D eigenvalue weighted by atomic mass is 32.2. The SMILES string of the molecule is CCCCN(C(=O)CSc1nnc(-c2ccccc2)o1)[C@H]1CCS(=O)(=O)C1. The molecule has 1 amide bonds. The highest BCUT2D eigenvalue weighted by molar-refractivity contribution is 7.99. The first-order chi connectivity index (χ1) is 13.0. The van der Waals surface area contributed by atoms with Crippen LogP contribution in [0, 0.1) is 0 Å². The Bertz CT molecular complexity index is 868. The van der Waals surface area contributed by atoms with Crippen molar-refractivity contribution < 1.29 is 17.6 Å². The van der Waals surface area contributed by atoms with Gasteiger partial charge in [0.05, 0.1) is 17.3 Å². The Morgan fingerprint density at radius 1 is 1.30 bits per heavy atom. The van der Waals surface area contributed by atoms with E-state index < -0.39 is 9.84 Å². The van der Waals surface area contributed by atoms with Crippen LogP contribution in [0.3, 0.4) is 0 Å². The maximum Gasteiger partial charge on any atom is 0.277 e. The highest BCUT2D eigenvalue weighted by Gasteiger charge is 2.34. The number of unbranched alkanes of at least 4 members (excludes halogenated alkanes) is 1. The number of rotatable bonds is 8. The Kier molecular flexibility index (Phi) is 6.54. The summed E-state index contributed by atoms with van der Waals surface area (Å²) in [6.45, 7) is 2.63. The molecule has 0 unspecified atom stereocenters. The summed E-state index contributed by atoms with van der Waals surface area (Å²) in [5, 5.41) is 8.33. The second kappa shape index (κ2) is 8.88. The number of sulfone groups is 1. The molecule has 1 aliphatic heterocycles. The summed E-state index contributed by atoms with van der Waals surface area (Å²) < 4.78 is 29.2. The molecule has 9 heteroatoms. The van der Waals surface area contributed by atoms with E-state index in [1.54, 1.807) is 4.90 Å². The zero-order valence-electron chi connectivity index (χ0n) is 15.2. The number of thioether (sulfide) groups is 1. The van der Waals surface area contributed by atoms with E-state index in [2.05, 4.69) is 10.2 Å². The largest absolute Gasteiger partial charge is 0.411 e. The quantitative estimate of drug-likeness (QED) is 0.619. The Labute approximate surface area is 163 Å². The molecule has 0 bridgehead atoms. The summed E-state index contributed by atoms with van der Waals surface area (Å²) in [6, 6.07) is 9.20. The number of carbonyl (C=O) groups is 1. The van der Waals surface area contributed by atoms with Crippen molar-refractivity contribution in [2.75, 3.05) is 23.8 Å². The lowest BCUT2D eigenvalue weighted by molar-refractivity contribution is -0.130.